The van der Waals surface area contributed by atoms with Gasteiger partial charge in [0.1, 0.15) is 0 Å². The summed E-state index contributed by atoms with van der Waals surface area (Å²) in [6, 6.07) is 21.9. The van der Waals surface area contributed by atoms with E-state index in [0.717, 1.165) is 13.0 Å². The molecule has 0 amide bonds. The molecule has 0 spiro atoms. The second-order valence-electron chi connectivity index (χ2n) is 13.6. The van der Waals surface area contributed by atoms with Crippen molar-refractivity contribution in [3.05, 3.63) is 60.7 Å². The van der Waals surface area contributed by atoms with Crippen molar-refractivity contribution in [1.29, 1.82) is 0 Å². The maximum absolute atomic E-state index is 12.2. The van der Waals surface area contributed by atoms with Crippen LogP contribution in [0.25, 0.3) is 0 Å². The van der Waals surface area contributed by atoms with E-state index in [1.54, 1.807) is 0 Å². The second kappa shape index (κ2) is 21.7. The fourth-order valence-corrected chi connectivity index (χ4v) is 11.2. The van der Waals surface area contributed by atoms with Gasteiger partial charge in [0.2, 0.25) is 0 Å². The summed E-state index contributed by atoms with van der Waals surface area (Å²) in [5.41, 5.74) is 0. The lowest BCUT2D eigenvalue weighted by Crippen LogP contribution is -2.66. The lowest BCUT2D eigenvalue weighted by Gasteiger charge is -2.43. The molecule has 0 radical (unpaired) electrons. The first-order valence-electron chi connectivity index (χ1n) is 17.8. The summed E-state index contributed by atoms with van der Waals surface area (Å²) in [5.74, 6) is 0.490. The van der Waals surface area contributed by atoms with Crippen molar-refractivity contribution in [3.63, 3.8) is 0 Å². The van der Waals surface area contributed by atoms with E-state index in [9.17, 15) is 4.79 Å². The molecule has 4 heteroatoms. The second-order valence-corrected chi connectivity index (χ2v) is 17.9. The van der Waals surface area contributed by atoms with Crippen LogP contribution in [0.2, 0.25) is 5.04 Å². The Morgan fingerprint density at radius 3 is 1.53 bits per heavy atom. The predicted octanol–water partition coefficient (Wildman–Crippen LogP) is 10.4. The van der Waals surface area contributed by atoms with Gasteiger partial charge < -0.3 is 9.16 Å². The molecular formula is C39H64O3Si. The number of hydrogen-bond donors (Lipinski definition) is 0. The highest BCUT2D eigenvalue weighted by molar-refractivity contribution is 6.99. The molecule has 0 aromatic heterocycles. The average Bonchev–Trinajstić information content (AvgIpc) is 2.99. The fourth-order valence-electron chi connectivity index (χ4n) is 6.60. The molecule has 43 heavy (non-hydrogen) atoms. The standard InChI is InChI=1S/C39H64O3Si/c1-6-8-9-10-12-15-20-27-35(34-38(40)41-7-2)28-21-16-13-11-14-17-26-33-42-43(39(3,4)5,36-29-22-18-23-30-36)37-31-24-19-25-32-37/h18-19,22-25,29-32,35H,6-17,20-21,26-28,33-34H2,1-5H3. The average molecular weight is 609 g/mol. The maximum Gasteiger partial charge on any atom is 0.306 e. The van der Waals surface area contributed by atoms with E-state index >= 15 is 0 Å². The lowest BCUT2D eigenvalue weighted by atomic mass is 9.91. The minimum atomic E-state index is -2.42. The van der Waals surface area contributed by atoms with E-state index in [1.807, 2.05) is 6.92 Å². The molecule has 0 saturated heterocycles. The van der Waals surface area contributed by atoms with Crippen LogP contribution >= 0.6 is 0 Å². The Morgan fingerprint density at radius 1 is 0.651 bits per heavy atom. The van der Waals surface area contributed by atoms with Gasteiger partial charge in [-0.2, -0.15) is 0 Å². The van der Waals surface area contributed by atoms with Crippen molar-refractivity contribution >= 4 is 24.7 Å². The van der Waals surface area contributed by atoms with Gasteiger partial charge in [-0.25, -0.2) is 0 Å². The van der Waals surface area contributed by atoms with Gasteiger partial charge in [-0.3, -0.25) is 4.79 Å². The monoisotopic (exact) mass is 608 g/mol. The molecule has 2 aromatic rings. The van der Waals surface area contributed by atoms with Crippen molar-refractivity contribution in [1.82, 2.24) is 0 Å². The first-order valence-corrected chi connectivity index (χ1v) is 19.7. The predicted molar refractivity (Wildman–Crippen MR) is 188 cm³/mol. The van der Waals surface area contributed by atoms with Gasteiger partial charge in [-0.1, -0.05) is 172 Å². The molecule has 0 saturated carbocycles. The molecule has 3 nitrogen and oxygen atoms in total. The smallest absolute Gasteiger partial charge is 0.306 e. The zero-order chi connectivity index (χ0) is 31.2. The van der Waals surface area contributed by atoms with Crippen LogP contribution in [0.3, 0.4) is 0 Å². The quantitative estimate of drug-likeness (QED) is 0.0676. The van der Waals surface area contributed by atoms with Crippen LogP contribution in [0.5, 0.6) is 0 Å². The van der Waals surface area contributed by atoms with Crippen LogP contribution in [0.15, 0.2) is 60.7 Å². The van der Waals surface area contributed by atoms with E-state index in [1.165, 1.54) is 107 Å². The molecule has 2 aromatic carbocycles. The van der Waals surface area contributed by atoms with E-state index in [2.05, 4.69) is 88.4 Å². The number of carbonyl (C=O) groups is 1. The Bertz CT molecular complexity index is 914. The molecule has 0 heterocycles. The van der Waals surface area contributed by atoms with Gasteiger partial charge in [-0.05, 0) is 47.5 Å². The van der Waals surface area contributed by atoms with Crippen LogP contribution in [-0.2, 0) is 14.0 Å². The molecule has 2 rings (SSSR count). The first kappa shape index (κ1) is 37.3. The topological polar surface area (TPSA) is 35.5 Å². The van der Waals surface area contributed by atoms with Crippen molar-refractivity contribution in [2.45, 2.75) is 149 Å². The van der Waals surface area contributed by atoms with Crippen LogP contribution in [-0.4, -0.2) is 27.5 Å². The third-order valence-corrected chi connectivity index (χ3v) is 14.0. The van der Waals surface area contributed by atoms with Gasteiger partial charge in [-0.15, -0.1) is 0 Å². The van der Waals surface area contributed by atoms with Crippen molar-refractivity contribution in [2.24, 2.45) is 5.92 Å². The van der Waals surface area contributed by atoms with Crippen LogP contribution < -0.4 is 10.4 Å². The summed E-state index contributed by atoms with van der Waals surface area (Å²) in [6.07, 6.45) is 21.0. The van der Waals surface area contributed by atoms with E-state index in [4.69, 9.17) is 9.16 Å². The van der Waals surface area contributed by atoms with Gasteiger partial charge in [0.25, 0.3) is 8.32 Å². The molecule has 0 fully saturated rings. The van der Waals surface area contributed by atoms with Crippen LogP contribution in [0.1, 0.15) is 144 Å². The highest BCUT2D eigenvalue weighted by atomic mass is 28.4. The minimum absolute atomic E-state index is 0.00395. The first-order chi connectivity index (χ1) is 20.8. The molecule has 0 bridgehead atoms. The molecular weight excluding hydrogens is 545 g/mol. The Kier molecular flexibility index (Phi) is 18.8. The van der Waals surface area contributed by atoms with E-state index < -0.39 is 8.32 Å². The third kappa shape index (κ3) is 13.7. The number of carbonyl (C=O) groups excluding carboxylic acids is 1. The molecule has 0 N–H and O–H groups in total. The maximum atomic E-state index is 12.2. The van der Waals surface area contributed by atoms with Gasteiger partial charge in [0.05, 0.1) is 6.61 Å². The van der Waals surface area contributed by atoms with Gasteiger partial charge in [0.15, 0.2) is 0 Å². The number of esters is 1. The number of ether oxygens (including phenoxy) is 1. The Balaban J connectivity index is 1.72. The normalized spacial score (nSPS) is 12.8. The molecule has 0 aliphatic heterocycles. The number of unbranched alkanes of at least 4 members (excludes halogenated alkanes) is 12. The van der Waals surface area contributed by atoms with Gasteiger partial charge >= 0.3 is 5.97 Å². The van der Waals surface area contributed by atoms with Crippen molar-refractivity contribution in [2.75, 3.05) is 13.2 Å². The minimum Gasteiger partial charge on any atom is -0.466 e. The molecule has 0 aliphatic rings. The molecule has 242 valence electrons. The molecule has 1 unspecified atom stereocenters. The number of hydrogen-bond acceptors (Lipinski definition) is 3. The summed E-state index contributed by atoms with van der Waals surface area (Å²) in [7, 11) is -2.42. The summed E-state index contributed by atoms with van der Waals surface area (Å²) in [4.78, 5) is 12.2. The van der Waals surface area contributed by atoms with E-state index in [0.29, 0.717) is 18.9 Å². The van der Waals surface area contributed by atoms with E-state index in [-0.39, 0.29) is 11.0 Å². The Hall–Kier alpha value is -1.91. The third-order valence-electron chi connectivity index (χ3n) is 8.97. The summed E-state index contributed by atoms with van der Waals surface area (Å²) < 4.78 is 12.3. The number of rotatable bonds is 24. The SMILES string of the molecule is CCCCCCCCCC(CCCCCCCCCO[Si](c1ccccc1)(c1ccccc1)C(C)(C)C)CC(=O)OCC. The summed E-state index contributed by atoms with van der Waals surface area (Å²) in [6.45, 7) is 12.5. The largest absolute Gasteiger partial charge is 0.466 e. The van der Waals surface area contributed by atoms with Crippen LogP contribution in [0.4, 0.5) is 0 Å². The fraction of sp³-hybridized carbons (Fsp3) is 0.667. The van der Waals surface area contributed by atoms with Crippen LogP contribution in [0, 0.1) is 5.92 Å². The highest BCUT2D eigenvalue weighted by Gasteiger charge is 2.49. The summed E-state index contributed by atoms with van der Waals surface area (Å²) >= 11 is 0. The zero-order valence-electron chi connectivity index (χ0n) is 28.5. The molecule has 0 aliphatic carbocycles. The summed E-state index contributed by atoms with van der Waals surface area (Å²) in [5, 5.41) is 2.76. The Labute approximate surface area is 266 Å². The van der Waals surface area contributed by atoms with Gasteiger partial charge in [0, 0.05) is 13.0 Å². The van der Waals surface area contributed by atoms with Crippen molar-refractivity contribution < 1.29 is 14.0 Å². The zero-order valence-corrected chi connectivity index (χ0v) is 29.5. The Morgan fingerprint density at radius 2 is 1.09 bits per heavy atom. The number of benzene rings is 2. The lowest BCUT2D eigenvalue weighted by molar-refractivity contribution is -0.144. The highest BCUT2D eigenvalue weighted by Crippen LogP contribution is 2.37. The molecule has 1 atom stereocenters. The van der Waals surface area contributed by atoms with Crippen molar-refractivity contribution in [3.8, 4) is 0 Å².